The fourth-order valence-corrected chi connectivity index (χ4v) is 0.760. The number of hydrogen-bond acceptors (Lipinski definition) is 3. The molecule has 0 aromatic rings. The molecule has 1 amide bonds. The third-order valence-corrected chi connectivity index (χ3v) is 1.59. The quantitative estimate of drug-likeness (QED) is 0.534. The molecule has 0 heterocycles. The molecule has 0 aromatic heterocycles. The summed E-state index contributed by atoms with van der Waals surface area (Å²) in [7, 11) is 1.66. The van der Waals surface area contributed by atoms with Crippen molar-refractivity contribution in [3.8, 4) is 0 Å². The summed E-state index contributed by atoms with van der Waals surface area (Å²) < 4.78 is 5.01. The molecule has 0 aliphatic rings. The zero-order chi connectivity index (χ0) is 10.5. The second-order valence-electron chi connectivity index (χ2n) is 3.07. The molecular weight excluding hydrogens is 168 g/mol. The lowest BCUT2D eigenvalue weighted by atomic mass is 10.2. The van der Waals surface area contributed by atoms with E-state index in [0.717, 1.165) is 0 Å². The van der Waals surface area contributed by atoms with Crippen molar-refractivity contribution in [2.24, 2.45) is 5.73 Å². The second kappa shape index (κ2) is 4.87. The van der Waals surface area contributed by atoms with Gasteiger partial charge in [0.2, 0.25) is 0 Å². The van der Waals surface area contributed by atoms with Crippen LogP contribution in [0.3, 0.4) is 0 Å². The van der Waals surface area contributed by atoms with Gasteiger partial charge in [0.15, 0.2) is 5.72 Å². The highest BCUT2D eigenvalue weighted by Gasteiger charge is 2.21. The molecule has 0 aliphatic carbocycles. The van der Waals surface area contributed by atoms with Gasteiger partial charge in [-0.3, -0.25) is 5.73 Å². The maximum atomic E-state index is 11.3. The van der Waals surface area contributed by atoms with Crippen molar-refractivity contribution in [1.82, 2.24) is 4.90 Å². The number of nitrogens with zero attached hydrogens (tertiary/aromatic N) is 1. The Morgan fingerprint density at radius 3 is 2.62 bits per heavy atom. The first-order chi connectivity index (χ1) is 5.93. The Morgan fingerprint density at radius 1 is 1.69 bits per heavy atom. The predicted molar refractivity (Wildman–Crippen MR) is 52.2 cm³/mol. The zero-order valence-electron chi connectivity index (χ0n) is 8.70. The van der Waals surface area contributed by atoms with E-state index in [1.807, 2.05) is 13.8 Å². The number of amides is 1. The molecule has 4 nitrogen and oxygen atoms in total. The summed E-state index contributed by atoms with van der Waals surface area (Å²) >= 11 is 0. The van der Waals surface area contributed by atoms with Gasteiger partial charge in [-0.25, -0.2) is 4.79 Å². The first-order valence-electron chi connectivity index (χ1n) is 4.29. The largest absolute Gasteiger partial charge is 0.424 e. The van der Waals surface area contributed by atoms with Gasteiger partial charge in [-0.2, -0.15) is 0 Å². The van der Waals surface area contributed by atoms with E-state index in [1.54, 1.807) is 26.1 Å². The van der Waals surface area contributed by atoms with Crippen LogP contribution in [0.4, 0.5) is 4.79 Å². The number of rotatable bonds is 3. The van der Waals surface area contributed by atoms with Crippen molar-refractivity contribution in [3.63, 3.8) is 0 Å². The Bertz CT molecular complexity index is 200. The Morgan fingerprint density at radius 2 is 2.23 bits per heavy atom. The molecule has 76 valence electrons. The van der Waals surface area contributed by atoms with Crippen LogP contribution in [0.1, 0.15) is 20.8 Å². The van der Waals surface area contributed by atoms with E-state index in [4.69, 9.17) is 10.5 Å². The average Bonchev–Trinajstić information content (AvgIpc) is 2.01. The van der Waals surface area contributed by atoms with Crippen LogP contribution in [0.25, 0.3) is 0 Å². The summed E-state index contributed by atoms with van der Waals surface area (Å²) in [5, 5.41) is 0. The molecule has 0 fully saturated rings. The van der Waals surface area contributed by atoms with E-state index in [0.29, 0.717) is 6.54 Å². The molecule has 2 N–H and O–H groups in total. The minimum atomic E-state index is -1.02. The van der Waals surface area contributed by atoms with E-state index in [2.05, 4.69) is 0 Å². The topological polar surface area (TPSA) is 55.6 Å². The summed E-state index contributed by atoms with van der Waals surface area (Å²) in [5.41, 5.74) is 4.65. The van der Waals surface area contributed by atoms with Crippen molar-refractivity contribution < 1.29 is 9.53 Å². The van der Waals surface area contributed by atoms with Gasteiger partial charge < -0.3 is 9.64 Å². The predicted octanol–water partition coefficient (Wildman–Crippen LogP) is 1.33. The smallest absolute Gasteiger partial charge is 0.411 e. The van der Waals surface area contributed by atoms with Gasteiger partial charge in [0.05, 0.1) is 0 Å². The Balaban J connectivity index is 4.19. The van der Waals surface area contributed by atoms with Crippen LogP contribution in [0.15, 0.2) is 12.2 Å². The second-order valence-corrected chi connectivity index (χ2v) is 3.07. The van der Waals surface area contributed by atoms with Crippen LogP contribution >= 0.6 is 0 Å². The Hall–Kier alpha value is -1.03. The summed E-state index contributed by atoms with van der Waals surface area (Å²) in [4.78, 5) is 12.7. The highest BCUT2D eigenvalue weighted by atomic mass is 16.6. The molecule has 0 aromatic carbocycles. The molecule has 0 saturated carbocycles. The number of allylic oxidation sites excluding steroid dienone is 1. The third-order valence-electron chi connectivity index (χ3n) is 1.59. The van der Waals surface area contributed by atoms with Gasteiger partial charge in [-0.05, 0) is 26.8 Å². The van der Waals surface area contributed by atoms with Gasteiger partial charge in [0.1, 0.15) is 0 Å². The molecule has 4 heteroatoms. The van der Waals surface area contributed by atoms with Crippen molar-refractivity contribution >= 4 is 6.09 Å². The molecule has 0 spiro atoms. The Labute approximate surface area is 79.3 Å². The van der Waals surface area contributed by atoms with Crippen LogP contribution in [0, 0.1) is 0 Å². The number of carbonyl (C=O) groups is 1. The molecule has 0 bridgehead atoms. The van der Waals surface area contributed by atoms with Gasteiger partial charge >= 0.3 is 6.09 Å². The van der Waals surface area contributed by atoms with Crippen LogP contribution in [0.5, 0.6) is 0 Å². The van der Waals surface area contributed by atoms with Crippen molar-refractivity contribution in [3.05, 3.63) is 12.2 Å². The maximum absolute atomic E-state index is 11.3. The monoisotopic (exact) mass is 186 g/mol. The van der Waals surface area contributed by atoms with Crippen LogP contribution in [-0.4, -0.2) is 30.3 Å². The molecule has 0 rings (SSSR count). The molecule has 13 heavy (non-hydrogen) atoms. The lowest BCUT2D eigenvalue weighted by Crippen LogP contribution is -2.43. The minimum Gasteiger partial charge on any atom is -0.424 e. The first-order valence-corrected chi connectivity index (χ1v) is 4.29. The van der Waals surface area contributed by atoms with Gasteiger partial charge in [0, 0.05) is 13.6 Å². The van der Waals surface area contributed by atoms with Crippen molar-refractivity contribution in [1.29, 1.82) is 0 Å². The molecule has 1 unspecified atom stereocenters. The summed E-state index contributed by atoms with van der Waals surface area (Å²) in [5.74, 6) is 0. The molecule has 0 aliphatic heterocycles. The molecule has 1 atom stereocenters. The standard InChI is InChI=1S/C9H18N2O2/c1-5-7-9(3,10)13-8(12)11(4)6-2/h5,7H,6,10H2,1-4H3/b7-5+. The summed E-state index contributed by atoms with van der Waals surface area (Å²) in [6, 6.07) is 0. The van der Waals surface area contributed by atoms with Gasteiger partial charge in [0.25, 0.3) is 0 Å². The zero-order valence-corrected chi connectivity index (χ0v) is 8.70. The summed E-state index contributed by atoms with van der Waals surface area (Å²) in [6.45, 7) is 5.92. The highest BCUT2D eigenvalue weighted by Crippen LogP contribution is 2.06. The minimum absolute atomic E-state index is 0.411. The van der Waals surface area contributed by atoms with Crippen LogP contribution < -0.4 is 5.73 Å². The van der Waals surface area contributed by atoms with E-state index in [1.165, 1.54) is 4.90 Å². The van der Waals surface area contributed by atoms with Crippen molar-refractivity contribution in [2.75, 3.05) is 13.6 Å². The van der Waals surface area contributed by atoms with Crippen molar-refractivity contribution in [2.45, 2.75) is 26.5 Å². The van der Waals surface area contributed by atoms with Gasteiger partial charge in [-0.15, -0.1) is 0 Å². The molecule has 0 saturated heterocycles. The SMILES string of the molecule is C/C=C/C(C)(N)OC(=O)N(C)CC. The number of hydrogen-bond donors (Lipinski definition) is 1. The summed E-state index contributed by atoms with van der Waals surface area (Å²) in [6.07, 6.45) is 2.97. The normalized spacial score (nSPS) is 15.5. The number of carbonyl (C=O) groups excluding carboxylic acids is 1. The highest BCUT2D eigenvalue weighted by molar-refractivity contribution is 5.67. The Kier molecular flexibility index (Phi) is 4.48. The van der Waals surface area contributed by atoms with E-state index in [9.17, 15) is 4.79 Å². The van der Waals surface area contributed by atoms with Gasteiger partial charge in [-0.1, -0.05) is 6.08 Å². The maximum Gasteiger partial charge on any atom is 0.411 e. The number of ether oxygens (including phenoxy) is 1. The fourth-order valence-electron chi connectivity index (χ4n) is 0.760. The lowest BCUT2D eigenvalue weighted by Gasteiger charge is -2.24. The molecular formula is C9H18N2O2. The number of nitrogens with two attached hydrogens (primary N) is 1. The average molecular weight is 186 g/mol. The fraction of sp³-hybridized carbons (Fsp3) is 0.667. The van der Waals surface area contributed by atoms with Crippen LogP contribution in [0.2, 0.25) is 0 Å². The first kappa shape index (κ1) is 12.0. The van der Waals surface area contributed by atoms with Crippen LogP contribution in [-0.2, 0) is 4.74 Å². The van der Waals surface area contributed by atoms with E-state index >= 15 is 0 Å². The molecule has 0 radical (unpaired) electrons. The lowest BCUT2D eigenvalue weighted by molar-refractivity contribution is 0.0407. The van der Waals surface area contributed by atoms with E-state index < -0.39 is 11.8 Å². The van der Waals surface area contributed by atoms with E-state index in [-0.39, 0.29) is 0 Å². The third kappa shape index (κ3) is 4.52.